The summed E-state index contributed by atoms with van der Waals surface area (Å²) in [5.74, 6) is 0.676. The van der Waals surface area contributed by atoms with Gasteiger partial charge in [-0.05, 0) is 43.7 Å². The predicted octanol–water partition coefficient (Wildman–Crippen LogP) is 2.52. The van der Waals surface area contributed by atoms with Crippen molar-refractivity contribution >= 4 is 5.65 Å². The Kier molecular flexibility index (Phi) is 4.61. The van der Waals surface area contributed by atoms with E-state index in [1.807, 2.05) is 25.3 Å². The molecule has 2 aliphatic rings. The minimum absolute atomic E-state index is 0.0299. The van der Waals surface area contributed by atoms with Gasteiger partial charge in [0.1, 0.15) is 5.65 Å². The van der Waals surface area contributed by atoms with Crippen LogP contribution in [0.2, 0.25) is 0 Å². The number of pyridine rings is 1. The van der Waals surface area contributed by atoms with Crippen molar-refractivity contribution in [3.05, 3.63) is 46.0 Å². The van der Waals surface area contributed by atoms with Crippen LogP contribution in [-0.2, 0) is 6.54 Å². The minimum atomic E-state index is -0.254. The van der Waals surface area contributed by atoms with Gasteiger partial charge in [0.2, 0.25) is 0 Å². The number of fused-ring (bicyclic) bond motifs is 1. The first-order chi connectivity index (χ1) is 12.1. The quantitative estimate of drug-likeness (QED) is 0.932. The fraction of sp³-hybridized carbons (Fsp3) is 0.600. The number of hydrogen-bond donors (Lipinski definition) is 1. The normalized spacial score (nSPS) is 25.7. The molecule has 0 aromatic carbocycles. The number of rotatable bonds is 3. The number of likely N-dealkylation sites (tertiary alicyclic amines) is 1. The smallest absolute Gasteiger partial charge is 0.258 e. The summed E-state index contributed by atoms with van der Waals surface area (Å²) in [6.45, 7) is 3.31. The van der Waals surface area contributed by atoms with Gasteiger partial charge in [-0.15, -0.1) is 0 Å². The van der Waals surface area contributed by atoms with Crippen LogP contribution in [0.4, 0.5) is 0 Å². The van der Waals surface area contributed by atoms with E-state index in [2.05, 4.69) is 9.88 Å². The van der Waals surface area contributed by atoms with Crippen LogP contribution in [0.1, 0.15) is 49.8 Å². The molecule has 0 amide bonds. The van der Waals surface area contributed by atoms with E-state index in [1.165, 1.54) is 32.1 Å². The number of aliphatic hydroxyl groups excluding tert-OH is 1. The Bertz CT molecular complexity index is 810. The maximum absolute atomic E-state index is 12.4. The number of β-amino-alcohol motifs (C(OH)–C–C–N with tert-alkyl or cyclic N) is 1. The lowest BCUT2D eigenvalue weighted by Gasteiger charge is -2.33. The van der Waals surface area contributed by atoms with Crippen molar-refractivity contribution in [2.75, 3.05) is 6.54 Å². The van der Waals surface area contributed by atoms with Gasteiger partial charge in [-0.3, -0.25) is 14.1 Å². The molecule has 1 aliphatic carbocycles. The maximum atomic E-state index is 12.4. The van der Waals surface area contributed by atoms with E-state index in [-0.39, 0.29) is 11.7 Å². The monoisotopic (exact) mass is 341 g/mol. The molecule has 1 aliphatic heterocycles. The Morgan fingerprint density at radius 1 is 1.24 bits per heavy atom. The molecule has 3 heterocycles. The molecule has 1 saturated heterocycles. The number of nitrogens with zero attached hydrogens (tertiary/aromatic N) is 3. The molecule has 5 nitrogen and oxygen atoms in total. The van der Waals surface area contributed by atoms with Crippen LogP contribution in [0.25, 0.3) is 5.65 Å². The third-order valence-electron chi connectivity index (χ3n) is 5.85. The molecular formula is C20H27N3O2. The Labute approximate surface area is 148 Å². The first-order valence-corrected chi connectivity index (χ1v) is 9.51. The summed E-state index contributed by atoms with van der Waals surface area (Å²) in [5, 5.41) is 10.2. The first-order valence-electron chi connectivity index (χ1n) is 9.51. The number of aromatic nitrogens is 2. The van der Waals surface area contributed by atoms with E-state index in [9.17, 15) is 9.90 Å². The Morgan fingerprint density at radius 2 is 2.04 bits per heavy atom. The van der Waals surface area contributed by atoms with E-state index in [4.69, 9.17) is 0 Å². The number of hydrogen-bond acceptors (Lipinski definition) is 4. The molecule has 0 unspecified atom stereocenters. The highest BCUT2D eigenvalue weighted by atomic mass is 16.3. The molecule has 134 valence electrons. The molecule has 0 bridgehead atoms. The average Bonchev–Trinajstić information content (AvgIpc) is 2.97. The zero-order valence-corrected chi connectivity index (χ0v) is 14.9. The summed E-state index contributed by atoms with van der Waals surface area (Å²) in [5.41, 5.74) is 2.52. The minimum Gasteiger partial charge on any atom is -0.392 e. The van der Waals surface area contributed by atoms with Gasteiger partial charge in [0.15, 0.2) is 0 Å². The topological polar surface area (TPSA) is 57.8 Å². The summed E-state index contributed by atoms with van der Waals surface area (Å²) in [6, 6.07) is 5.96. The summed E-state index contributed by atoms with van der Waals surface area (Å²) in [6.07, 6.45) is 8.92. The summed E-state index contributed by atoms with van der Waals surface area (Å²) in [4.78, 5) is 19.5. The third-order valence-corrected chi connectivity index (χ3v) is 5.85. The van der Waals surface area contributed by atoms with Crippen molar-refractivity contribution in [2.24, 2.45) is 5.92 Å². The van der Waals surface area contributed by atoms with Crippen LogP contribution in [0.5, 0.6) is 0 Å². The highest BCUT2D eigenvalue weighted by Gasteiger charge is 2.36. The van der Waals surface area contributed by atoms with E-state index in [0.29, 0.717) is 30.7 Å². The summed E-state index contributed by atoms with van der Waals surface area (Å²) >= 11 is 0. The second kappa shape index (κ2) is 6.89. The Balaban J connectivity index is 1.58. The molecule has 2 aromatic heterocycles. The van der Waals surface area contributed by atoms with Crippen LogP contribution < -0.4 is 5.56 Å². The van der Waals surface area contributed by atoms with E-state index >= 15 is 0 Å². The molecule has 5 heteroatoms. The van der Waals surface area contributed by atoms with Gasteiger partial charge in [-0.1, -0.05) is 25.3 Å². The van der Waals surface area contributed by atoms with Gasteiger partial charge in [0.25, 0.3) is 5.56 Å². The molecule has 2 atom stereocenters. The van der Waals surface area contributed by atoms with Gasteiger partial charge < -0.3 is 5.11 Å². The van der Waals surface area contributed by atoms with Gasteiger partial charge >= 0.3 is 0 Å². The second-order valence-electron chi connectivity index (χ2n) is 7.80. The Hall–Kier alpha value is -1.72. The van der Waals surface area contributed by atoms with E-state index < -0.39 is 0 Å². The lowest BCUT2D eigenvalue weighted by molar-refractivity contribution is 0.146. The SMILES string of the molecule is Cc1ccc2nc(CN3C[C@H](O)C[C@@H]3C3CCCCC3)cc(=O)n2c1. The lowest BCUT2D eigenvalue weighted by atomic mass is 9.82. The molecule has 4 rings (SSSR count). The van der Waals surface area contributed by atoms with E-state index in [0.717, 1.165) is 17.7 Å². The van der Waals surface area contributed by atoms with Gasteiger partial charge in [-0.2, -0.15) is 0 Å². The van der Waals surface area contributed by atoms with Crippen molar-refractivity contribution < 1.29 is 5.11 Å². The van der Waals surface area contributed by atoms with E-state index in [1.54, 1.807) is 10.5 Å². The molecule has 2 fully saturated rings. The zero-order chi connectivity index (χ0) is 17.4. The Morgan fingerprint density at radius 3 is 2.84 bits per heavy atom. The summed E-state index contributed by atoms with van der Waals surface area (Å²) < 4.78 is 1.61. The number of aryl methyl sites for hydroxylation is 1. The van der Waals surface area contributed by atoms with Gasteiger partial charge in [0.05, 0.1) is 11.8 Å². The molecule has 2 aromatic rings. The van der Waals surface area contributed by atoms with Crippen molar-refractivity contribution in [1.29, 1.82) is 0 Å². The average molecular weight is 341 g/mol. The van der Waals surface area contributed by atoms with Crippen molar-refractivity contribution in [3.63, 3.8) is 0 Å². The largest absolute Gasteiger partial charge is 0.392 e. The molecule has 25 heavy (non-hydrogen) atoms. The third kappa shape index (κ3) is 3.48. The van der Waals surface area contributed by atoms with Gasteiger partial charge in [-0.25, -0.2) is 4.98 Å². The highest BCUT2D eigenvalue weighted by Crippen LogP contribution is 2.35. The lowest BCUT2D eigenvalue weighted by Crippen LogP contribution is -2.36. The fourth-order valence-corrected chi connectivity index (χ4v) is 4.65. The molecule has 0 radical (unpaired) electrons. The highest BCUT2D eigenvalue weighted by molar-refractivity contribution is 5.39. The van der Waals surface area contributed by atoms with Crippen LogP contribution >= 0.6 is 0 Å². The molecule has 1 saturated carbocycles. The second-order valence-corrected chi connectivity index (χ2v) is 7.80. The molecule has 1 N–H and O–H groups in total. The molecular weight excluding hydrogens is 314 g/mol. The summed E-state index contributed by atoms with van der Waals surface area (Å²) in [7, 11) is 0. The van der Waals surface area contributed by atoms with Crippen molar-refractivity contribution in [1.82, 2.24) is 14.3 Å². The maximum Gasteiger partial charge on any atom is 0.258 e. The fourth-order valence-electron chi connectivity index (χ4n) is 4.65. The van der Waals surface area contributed by atoms with Crippen LogP contribution in [0, 0.1) is 12.8 Å². The molecule has 0 spiro atoms. The van der Waals surface area contributed by atoms with Crippen LogP contribution in [-0.4, -0.2) is 38.1 Å². The number of aliphatic hydroxyl groups is 1. The van der Waals surface area contributed by atoms with Gasteiger partial charge in [0, 0.05) is 31.4 Å². The standard InChI is InChI=1S/C20H27N3O2/c1-14-7-8-19-21-16(9-20(25)23(19)11-14)12-22-13-17(24)10-18(22)15-5-3-2-4-6-15/h7-9,11,15,17-18,24H,2-6,10,12-13H2,1H3/t17-,18-/m1/s1. The first kappa shape index (κ1) is 16.7. The van der Waals surface area contributed by atoms with Crippen molar-refractivity contribution in [3.8, 4) is 0 Å². The van der Waals surface area contributed by atoms with Crippen molar-refractivity contribution in [2.45, 2.75) is 64.1 Å². The van der Waals surface area contributed by atoms with Crippen LogP contribution in [0.15, 0.2) is 29.2 Å². The zero-order valence-electron chi connectivity index (χ0n) is 14.9. The predicted molar refractivity (Wildman–Crippen MR) is 97.6 cm³/mol. The van der Waals surface area contributed by atoms with Crippen LogP contribution in [0.3, 0.4) is 0 Å².